The van der Waals surface area contributed by atoms with Gasteiger partial charge >= 0.3 is 0 Å². The Morgan fingerprint density at radius 3 is 1.16 bits per heavy atom. The molecule has 0 aliphatic rings. The van der Waals surface area contributed by atoms with E-state index in [2.05, 4.69) is 32.7 Å². The summed E-state index contributed by atoms with van der Waals surface area (Å²) in [6, 6.07) is 0. The molecule has 0 radical (unpaired) electrons. The van der Waals surface area contributed by atoms with E-state index in [1.54, 1.807) is 0 Å². The molecule has 0 spiro atoms. The van der Waals surface area contributed by atoms with Crippen LogP contribution in [0.1, 0.15) is 168 Å². The van der Waals surface area contributed by atoms with E-state index in [0.29, 0.717) is 37.2 Å². The van der Waals surface area contributed by atoms with Crippen LogP contribution in [0.15, 0.2) is 18.9 Å². The molecule has 0 heterocycles. The molecule has 0 atom stereocenters. The first-order valence-corrected chi connectivity index (χ1v) is 15.5. The van der Waals surface area contributed by atoms with Gasteiger partial charge in [-0.25, -0.2) is 0 Å². The summed E-state index contributed by atoms with van der Waals surface area (Å²) < 4.78 is 5.70. The second-order valence-corrected chi connectivity index (χ2v) is 10.3. The van der Waals surface area contributed by atoms with Gasteiger partial charge in [-0.1, -0.05) is 123 Å². The van der Waals surface area contributed by atoms with Crippen molar-refractivity contribution in [3.05, 3.63) is 18.9 Å². The van der Waals surface area contributed by atoms with Crippen LogP contribution in [0.3, 0.4) is 0 Å². The number of rotatable bonds is 28. The van der Waals surface area contributed by atoms with Crippen molar-refractivity contribution in [3.8, 4) is 0 Å². The van der Waals surface area contributed by atoms with Crippen LogP contribution in [0.25, 0.3) is 0 Å². The van der Waals surface area contributed by atoms with Gasteiger partial charge in [0.25, 0.3) is 0 Å². The molecule has 0 aliphatic carbocycles. The van der Waals surface area contributed by atoms with Crippen molar-refractivity contribution >= 4 is 11.6 Å². The van der Waals surface area contributed by atoms with Gasteiger partial charge in [0, 0.05) is 38.9 Å². The minimum Gasteiger partial charge on any atom is -0.412 e. The van der Waals surface area contributed by atoms with Crippen LogP contribution in [0.2, 0.25) is 0 Å². The molecule has 4 nitrogen and oxygen atoms in total. The minimum absolute atomic E-state index is 0. The van der Waals surface area contributed by atoms with Gasteiger partial charge in [0.2, 0.25) is 0 Å². The summed E-state index contributed by atoms with van der Waals surface area (Å²) in [5, 5.41) is 0. The number of carbonyl (C=O) groups is 2. The second-order valence-electron chi connectivity index (χ2n) is 10.3. The molecule has 0 saturated carbocycles. The topological polar surface area (TPSA) is 74.9 Å². The van der Waals surface area contributed by atoms with Crippen LogP contribution in [-0.4, -0.2) is 30.3 Å². The zero-order valence-corrected chi connectivity index (χ0v) is 25.0. The van der Waals surface area contributed by atoms with Crippen LogP contribution in [-0.2, 0) is 14.3 Å². The van der Waals surface area contributed by atoms with Crippen LogP contribution in [0.5, 0.6) is 0 Å². The largest absolute Gasteiger partial charge is 0.412 e. The maximum absolute atomic E-state index is 12.0. The predicted molar refractivity (Wildman–Crippen MR) is 161 cm³/mol. The van der Waals surface area contributed by atoms with E-state index in [-0.39, 0.29) is 5.48 Å². The van der Waals surface area contributed by atoms with Gasteiger partial charge < -0.3 is 10.2 Å². The molecule has 0 unspecified atom stereocenters. The van der Waals surface area contributed by atoms with Crippen molar-refractivity contribution in [1.29, 1.82) is 0 Å². The zero-order chi connectivity index (χ0) is 27.0. The number of Topliss-reactive ketones (excluding diaryl/α,β-unsaturated/α-hetero) is 2. The Labute approximate surface area is 231 Å². The Morgan fingerprint density at radius 2 is 0.757 bits per heavy atom. The number of unbranched alkanes of at least 4 members (excludes halogenated alkanes) is 16. The highest BCUT2D eigenvalue weighted by Crippen LogP contribution is 2.12. The summed E-state index contributed by atoms with van der Waals surface area (Å²) in [5.74, 6) is 0.661. The van der Waals surface area contributed by atoms with E-state index in [0.717, 1.165) is 38.9 Å². The number of ether oxygens (including phenoxy) is 1. The van der Waals surface area contributed by atoms with E-state index in [1.165, 1.54) is 103 Å². The molecule has 0 bridgehead atoms. The molecule has 0 rings (SSSR count). The third-order valence-corrected chi connectivity index (χ3v) is 6.61. The van der Waals surface area contributed by atoms with Crippen LogP contribution < -0.4 is 0 Å². The van der Waals surface area contributed by atoms with Gasteiger partial charge in [0.05, 0.1) is 0 Å². The van der Waals surface area contributed by atoms with Gasteiger partial charge in [-0.3, -0.25) is 9.59 Å². The van der Waals surface area contributed by atoms with Crippen molar-refractivity contribution < 1.29 is 19.8 Å². The number of hydrogen-bond donors (Lipinski definition) is 0. The first-order chi connectivity index (χ1) is 17.6. The Balaban J connectivity index is -0.00000274. The summed E-state index contributed by atoms with van der Waals surface area (Å²) >= 11 is 0. The molecule has 0 aromatic rings. The fourth-order valence-electron chi connectivity index (χ4n) is 4.33. The maximum atomic E-state index is 12.0. The number of ketones is 2. The average molecular weight is 525 g/mol. The lowest BCUT2D eigenvalue weighted by Crippen LogP contribution is -2.03. The highest BCUT2D eigenvalue weighted by Gasteiger charge is 2.06. The summed E-state index contributed by atoms with van der Waals surface area (Å²) in [6.45, 7) is 12.4. The molecule has 0 aromatic heterocycles. The SMILES string of the molecule is C=C=C.CCCCCCCCCCCC(=O)CCCC(=O)CCCCOCCCCCCCCCC.O. The van der Waals surface area contributed by atoms with Crippen LogP contribution in [0, 0.1) is 0 Å². The lowest BCUT2D eigenvalue weighted by atomic mass is 10.0. The first-order valence-electron chi connectivity index (χ1n) is 15.5. The zero-order valence-electron chi connectivity index (χ0n) is 25.0. The van der Waals surface area contributed by atoms with Crippen molar-refractivity contribution in [2.75, 3.05) is 13.2 Å². The Bertz CT molecular complexity index is 495. The summed E-state index contributed by atoms with van der Waals surface area (Å²) in [7, 11) is 0. The molecule has 2 N–H and O–H groups in total. The van der Waals surface area contributed by atoms with E-state index in [1.807, 2.05) is 0 Å². The number of hydrogen-bond acceptors (Lipinski definition) is 3. The molecular weight excluding hydrogens is 460 g/mol. The van der Waals surface area contributed by atoms with Crippen molar-refractivity contribution in [2.24, 2.45) is 0 Å². The average Bonchev–Trinajstić information content (AvgIpc) is 2.86. The third-order valence-electron chi connectivity index (χ3n) is 6.61. The monoisotopic (exact) mass is 524 g/mol. The summed E-state index contributed by atoms with van der Waals surface area (Å²) in [6.07, 6.45) is 27.3. The van der Waals surface area contributed by atoms with Gasteiger partial charge in [-0.05, 0) is 32.1 Å². The molecular formula is C33H64O4. The van der Waals surface area contributed by atoms with Crippen molar-refractivity contribution in [2.45, 2.75) is 168 Å². The molecule has 0 fully saturated rings. The van der Waals surface area contributed by atoms with E-state index in [4.69, 9.17) is 4.74 Å². The Hall–Kier alpha value is -1.22. The Kier molecular flexibility index (Phi) is 40.2. The fourth-order valence-corrected chi connectivity index (χ4v) is 4.33. The molecule has 4 heteroatoms. The van der Waals surface area contributed by atoms with E-state index < -0.39 is 0 Å². The highest BCUT2D eigenvalue weighted by molar-refractivity contribution is 5.81. The Morgan fingerprint density at radius 1 is 0.486 bits per heavy atom. The standard InChI is InChI=1S/C30H58O3.C3H4.H2O/c1-3-5-7-9-11-13-14-16-18-23-29(31)25-22-26-30(32)24-19-21-28-33-27-20-17-15-12-10-8-6-4-2;1-3-2;/h3-28H2,1-2H3;1-2H2;1H2. The fraction of sp³-hybridized carbons (Fsp3) is 0.848. The second kappa shape index (κ2) is 36.9. The third kappa shape index (κ3) is 39.4. The molecule has 0 amide bonds. The smallest absolute Gasteiger partial charge is 0.132 e. The number of carbonyl (C=O) groups excluding carboxylic acids is 2. The van der Waals surface area contributed by atoms with Gasteiger partial charge in [-0.2, -0.15) is 0 Å². The van der Waals surface area contributed by atoms with Crippen molar-refractivity contribution in [1.82, 2.24) is 0 Å². The van der Waals surface area contributed by atoms with Gasteiger partial charge in [0.1, 0.15) is 11.6 Å². The highest BCUT2D eigenvalue weighted by atomic mass is 16.5. The molecule has 0 aliphatic heterocycles. The normalized spacial score (nSPS) is 10.2. The minimum atomic E-state index is 0. The molecule has 0 saturated heterocycles. The quantitative estimate of drug-likeness (QED) is 0.0755. The van der Waals surface area contributed by atoms with E-state index in [9.17, 15) is 9.59 Å². The summed E-state index contributed by atoms with van der Waals surface area (Å²) in [4.78, 5) is 24.0. The summed E-state index contributed by atoms with van der Waals surface area (Å²) in [5.41, 5.74) is 2.25. The van der Waals surface area contributed by atoms with E-state index >= 15 is 0 Å². The van der Waals surface area contributed by atoms with Crippen molar-refractivity contribution in [3.63, 3.8) is 0 Å². The first kappa shape index (κ1) is 40.3. The van der Waals surface area contributed by atoms with Crippen LogP contribution in [0.4, 0.5) is 0 Å². The van der Waals surface area contributed by atoms with Crippen LogP contribution >= 0.6 is 0 Å². The van der Waals surface area contributed by atoms with Gasteiger partial charge in [0.15, 0.2) is 0 Å². The maximum Gasteiger partial charge on any atom is 0.132 e. The van der Waals surface area contributed by atoms with Gasteiger partial charge in [-0.15, -0.1) is 5.73 Å². The molecule has 37 heavy (non-hydrogen) atoms. The predicted octanol–water partition coefficient (Wildman–Crippen LogP) is 9.68. The molecule has 220 valence electrons. The molecule has 0 aromatic carbocycles. The lowest BCUT2D eigenvalue weighted by Gasteiger charge is -2.05. The lowest BCUT2D eigenvalue weighted by molar-refractivity contribution is -0.120.